The average Bonchev–Trinajstić information content (AvgIpc) is 2.88. The van der Waals surface area contributed by atoms with Crippen LogP contribution in [0.2, 0.25) is 0 Å². The van der Waals surface area contributed by atoms with Crippen molar-refractivity contribution in [2.24, 2.45) is 0 Å². The van der Waals surface area contributed by atoms with Crippen LogP contribution in [0.4, 0.5) is 0 Å². The molecule has 0 saturated heterocycles. The van der Waals surface area contributed by atoms with Gasteiger partial charge >= 0.3 is 5.97 Å². The SMILES string of the molecule is CCCCCCCCCCCCCCCCCCCCCC(=O)O.OCC(O)C(O)C(O)C(O)CO. The molecule has 218 valence electrons. The Hall–Kier alpha value is -0.770. The summed E-state index contributed by atoms with van der Waals surface area (Å²) in [7, 11) is 0. The first-order valence-corrected chi connectivity index (χ1v) is 14.5. The summed E-state index contributed by atoms with van der Waals surface area (Å²) in [5.41, 5.74) is 0. The Morgan fingerprint density at radius 2 is 0.750 bits per heavy atom. The summed E-state index contributed by atoms with van der Waals surface area (Å²) in [6.07, 6.45) is 19.7. The minimum absolute atomic E-state index is 0.346. The molecule has 0 bridgehead atoms. The van der Waals surface area contributed by atoms with Crippen LogP contribution in [0.15, 0.2) is 0 Å². The number of carbonyl (C=O) groups is 1. The second kappa shape index (κ2) is 28.8. The smallest absolute Gasteiger partial charge is 0.303 e. The number of unbranched alkanes of at least 4 members (excludes halogenated alkanes) is 18. The van der Waals surface area contributed by atoms with Crippen molar-refractivity contribution in [2.45, 2.75) is 160 Å². The maximum Gasteiger partial charge on any atom is 0.303 e. The van der Waals surface area contributed by atoms with Crippen LogP contribution in [0.25, 0.3) is 0 Å². The average molecular weight is 523 g/mol. The van der Waals surface area contributed by atoms with Gasteiger partial charge in [0.05, 0.1) is 13.2 Å². The zero-order valence-corrected chi connectivity index (χ0v) is 22.9. The van der Waals surface area contributed by atoms with Crippen LogP contribution in [0, 0.1) is 0 Å². The number of carboxylic acids is 1. The number of aliphatic carboxylic acids is 1. The molecule has 4 unspecified atom stereocenters. The lowest BCUT2D eigenvalue weighted by molar-refractivity contribution is -0.137. The zero-order chi connectivity index (χ0) is 27.4. The van der Waals surface area contributed by atoms with Crippen molar-refractivity contribution in [1.29, 1.82) is 0 Å². The summed E-state index contributed by atoms with van der Waals surface area (Å²) in [5.74, 6) is -0.651. The van der Waals surface area contributed by atoms with Crippen LogP contribution in [-0.2, 0) is 4.79 Å². The lowest BCUT2D eigenvalue weighted by Crippen LogP contribution is -2.46. The van der Waals surface area contributed by atoms with Gasteiger partial charge in [0.15, 0.2) is 0 Å². The molecule has 0 saturated carbocycles. The highest BCUT2D eigenvalue weighted by molar-refractivity contribution is 5.66. The van der Waals surface area contributed by atoms with Crippen LogP contribution in [0.1, 0.15) is 135 Å². The van der Waals surface area contributed by atoms with E-state index in [2.05, 4.69) is 6.92 Å². The highest BCUT2D eigenvalue weighted by Crippen LogP contribution is 2.14. The van der Waals surface area contributed by atoms with Crippen molar-refractivity contribution in [3.63, 3.8) is 0 Å². The van der Waals surface area contributed by atoms with Gasteiger partial charge in [0, 0.05) is 6.42 Å². The Morgan fingerprint density at radius 1 is 0.500 bits per heavy atom. The van der Waals surface area contributed by atoms with Crippen molar-refractivity contribution < 1.29 is 40.5 Å². The van der Waals surface area contributed by atoms with Crippen molar-refractivity contribution in [2.75, 3.05) is 13.2 Å². The van der Waals surface area contributed by atoms with Crippen LogP contribution >= 0.6 is 0 Å². The Labute approximate surface area is 219 Å². The number of aliphatic hydroxyl groups is 6. The van der Waals surface area contributed by atoms with Crippen LogP contribution < -0.4 is 0 Å². The largest absolute Gasteiger partial charge is 0.481 e. The number of hydrogen-bond donors (Lipinski definition) is 7. The maximum atomic E-state index is 10.4. The van der Waals surface area contributed by atoms with Gasteiger partial charge in [0.2, 0.25) is 0 Å². The minimum Gasteiger partial charge on any atom is -0.481 e. The molecule has 0 heterocycles. The van der Waals surface area contributed by atoms with Gasteiger partial charge in [0.1, 0.15) is 24.4 Å². The predicted octanol–water partition coefficient (Wildman–Crippen LogP) is 4.31. The van der Waals surface area contributed by atoms with Gasteiger partial charge in [-0.2, -0.15) is 0 Å². The molecule has 7 N–H and O–H groups in total. The summed E-state index contributed by atoms with van der Waals surface area (Å²) in [5, 5.41) is 60.7. The molecule has 0 spiro atoms. The van der Waals surface area contributed by atoms with E-state index in [0.717, 1.165) is 12.8 Å². The molecule has 36 heavy (non-hydrogen) atoms. The van der Waals surface area contributed by atoms with Gasteiger partial charge in [-0.3, -0.25) is 4.79 Å². The van der Waals surface area contributed by atoms with Gasteiger partial charge in [-0.25, -0.2) is 0 Å². The third-order valence-electron chi connectivity index (χ3n) is 6.51. The highest BCUT2D eigenvalue weighted by Gasteiger charge is 2.29. The van der Waals surface area contributed by atoms with Gasteiger partial charge < -0.3 is 35.7 Å². The van der Waals surface area contributed by atoms with Gasteiger partial charge in [0.25, 0.3) is 0 Å². The molecule has 0 aromatic carbocycles. The lowest BCUT2D eigenvalue weighted by Gasteiger charge is -2.24. The molecule has 0 aromatic rings. The first-order valence-electron chi connectivity index (χ1n) is 14.5. The Bertz CT molecular complexity index is 435. The molecule has 0 amide bonds. The third-order valence-corrected chi connectivity index (χ3v) is 6.51. The molecular weight excluding hydrogens is 464 g/mol. The van der Waals surface area contributed by atoms with Crippen molar-refractivity contribution in [3.8, 4) is 0 Å². The van der Waals surface area contributed by atoms with Gasteiger partial charge in [-0.1, -0.05) is 122 Å². The summed E-state index contributed by atoms with van der Waals surface area (Å²) in [6, 6.07) is 0. The van der Waals surface area contributed by atoms with Crippen molar-refractivity contribution in [3.05, 3.63) is 0 Å². The van der Waals surface area contributed by atoms with Gasteiger partial charge in [-0.15, -0.1) is 0 Å². The minimum atomic E-state index is -1.67. The van der Waals surface area contributed by atoms with E-state index in [9.17, 15) is 4.79 Å². The number of carboxylic acid groups (broad SMARTS) is 1. The molecular formula is C28H58O8. The van der Waals surface area contributed by atoms with E-state index in [0.29, 0.717) is 6.42 Å². The first-order chi connectivity index (χ1) is 17.3. The number of aliphatic hydroxyl groups excluding tert-OH is 6. The predicted molar refractivity (Wildman–Crippen MR) is 144 cm³/mol. The Balaban J connectivity index is 0. The van der Waals surface area contributed by atoms with E-state index < -0.39 is 43.6 Å². The van der Waals surface area contributed by atoms with Crippen molar-refractivity contribution in [1.82, 2.24) is 0 Å². The van der Waals surface area contributed by atoms with E-state index in [-0.39, 0.29) is 0 Å². The van der Waals surface area contributed by atoms with E-state index in [1.807, 2.05) is 0 Å². The highest BCUT2D eigenvalue weighted by atomic mass is 16.4. The van der Waals surface area contributed by atoms with E-state index in [1.54, 1.807) is 0 Å². The van der Waals surface area contributed by atoms with E-state index >= 15 is 0 Å². The molecule has 0 aliphatic rings. The Morgan fingerprint density at radius 3 is 0.972 bits per heavy atom. The van der Waals surface area contributed by atoms with Crippen LogP contribution in [0.3, 0.4) is 0 Å². The van der Waals surface area contributed by atoms with E-state index in [1.165, 1.54) is 109 Å². The molecule has 4 atom stereocenters. The quantitative estimate of drug-likeness (QED) is 0.0874. The van der Waals surface area contributed by atoms with Gasteiger partial charge in [-0.05, 0) is 6.42 Å². The summed E-state index contributed by atoms with van der Waals surface area (Å²) >= 11 is 0. The first kappa shape index (κ1) is 37.4. The molecule has 0 aromatic heterocycles. The summed E-state index contributed by atoms with van der Waals surface area (Å²) in [6.45, 7) is 0.831. The standard InChI is InChI=1S/C22H44O2.C6H14O6/c1-2-3-4-5-6-7-8-9-10-11-12-13-14-15-16-17-18-19-20-21-22(23)24;7-1-3(9)5(11)6(12)4(10)2-8/h2-21H2,1H3,(H,23,24);3-12H,1-2H2. The molecule has 0 fully saturated rings. The van der Waals surface area contributed by atoms with Crippen molar-refractivity contribution >= 4 is 5.97 Å². The molecule has 0 aliphatic heterocycles. The second-order valence-corrected chi connectivity index (χ2v) is 9.99. The molecule has 0 aliphatic carbocycles. The van der Waals surface area contributed by atoms with Crippen LogP contribution in [-0.4, -0.2) is 79.3 Å². The van der Waals surface area contributed by atoms with Crippen LogP contribution in [0.5, 0.6) is 0 Å². The zero-order valence-electron chi connectivity index (χ0n) is 22.9. The number of hydrogen-bond acceptors (Lipinski definition) is 7. The second-order valence-electron chi connectivity index (χ2n) is 9.99. The summed E-state index contributed by atoms with van der Waals surface area (Å²) < 4.78 is 0. The summed E-state index contributed by atoms with van der Waals surface area (Å²) in [4.78, 5) is 10.4. The van der Waals surface area contributed by atoms with E-state index in [4.69, 9.17) is 35.7 Å². The normalized spacial score (nSPS) is 14.5. The fourth-order valence-corrected chi connectivity index (χ4v) is 4.03. The topological polar surface area (TPSA) is 159 Å². The molecule has 8 nitrogen and oxygen atoms in total. The fourth-order valence-electron chi connectivity index (χ4n) is 4.03. The monoisotopic (exact) mass is 522 g/mol. The maximum absolute atomic E-state index is 10.4. The fraction of sp³-hybridized carbons (Fsp3) is 0.964. The number of rotatable bonds is 25. The molecule has 0 radical (unpaired) electrons. The Kier molecular flexibility index (Phi) is 29.9. The molecule has 0 rings (SSSR count). The third kappa shape index (κ3) is 26.3. The molecule has 8 heteroatoms. The lowest BCUT2D eigenvalue weighted by atomic mass is 10.0.